The maximum absolute atomic E-state index is 12.4. The normalized spacial score (nSPS) is 11.0. The van der Waals surface area contributed by atoms with Crippen LogP contribution in [0.2, 0.25) is 0 Å². The zero-order valence-electron chi connectivity index (χ0n) is 10.8. The Labute approximate surface area is 118 Å². The van der Waals surface area contributed by atoms with E-state index in [-0.39, 0.29) is 17.9 Å². The van der Waals surface area contributed by atoms with E-state index >= 15 is 0 Å². The van der Waals surface area contributed by atoms with Gasteiger partial charge < -0.3 is 5.32 Å². The van der Waals surface area contributed by atoms with E-state index in [0.29, 0.717) is 0 Å². The van der Waals surface area contributed by atoms with Crippen LogP contribution in [0.1, 0.15) is 46.7 Å². The first kappa shape index (κ1) is 14.6. The van der Waals surface area contributed by atoms with Gasteiger partial charge >= 0.3 is 0 Å². The fourth-order valence-electron chi connectivity index (χ4n) is 1.58. The Morgan fingerprint density at radius 1 is 1.55 bits per heavy atom. The third kappa shape index (κ3) is 3.60. The van der Waals surface area contributed by atoms with Crippen molar-refractivity contribution in [2.24, 2.45) is 0 Å². The number of nitrogens with zero attached hydrogens (tertiary/aromatic N) is 2. The molecular formula is C12H14F2N4OS. The number of carbonyl (C=O) groups is 1. The third-order valence-electron chi connectivity index (χ3n) is 2.56. The topological polar surface area (TPSA) is 70.7 Å². The maximum atomic E-state index is 12.4. The molecule has 2 aromatic rings. The van der Waals surface area contributed by atoms with E-state index < -0.39 is 12.3 Å². The van der Waals surface area contributed by atoms with E-state index in [1.54, 1.807) is 11.3 Å². The van der Waals surface area contributed by atoms with Crippen molar-refractivity contribution in [3.05, 3.63) is 33.5 Å². The molecule has 20 heavy (non-hydrogen) atoms. The highest BCUT2D eigenvalue weighted by molar-refractivity contribution is 7.09. The summed E-state index contributed by atoms with van der Waals surface area (Å²) in [4.78, 5) is 16.1. The van der Waals surface area contributed by atoms with Crippen LogP contribution in [0, 0.1) is 0 Å². The first-order chi connectivity index (χ1) is 9.60. The quantitative estimate of drug-likeness (QED) is 0.861. The smallest absolute Gasteiger partial charge is 0.279 e. The van der Waals surface area contributed by atoms with Gasteiger partial charge in [0.05, 0.1) is 17.2 Å². The zero-order valence-corrected chi connectivity index (χ0v) is 11.6. The molecule has 2 heterocycles. The summed E-state index contributed by atoms with van der Waals surface area (Å²) in [5, 5.41) is 11.2. The molecule has 0 aliphatic heterocycles. The second kappa shape index (κ2) is 6.56. The van der Waals surface area contributed by atoms with Crippen LogP contribution in [0.15, 0.2) is 11.4 Å². The lowest BCUT2D eigenvalue weighted by atomic mass is 10.3. The minimum absolute atomic E-state index is 0.0516. The number of hydrogen-bond acceptors (Lipinski definition) is 4. The lowest BCUT2D eigenvalue weighted by Gasteiger charge is -1.99. The molecule has 0 spiro atoms. The van der Waals surface area contributed by atoms with Crippen molar-refractivity contribution in [2.75, 3.05) is 0 Å². The first-order valence-corrected chi connectivity index (χ1v) is 7.03. The minimum atomic E-state index is -2.67. The number of H-pyrrole nitrogens is 1. The molecule has 0 bridgehead atoms. The second-order valence-corrected chi connectivity index (χ2v) is 5.12. The number of halogens is 2. The van der Waals surface area contributed by atoms with Gasteiger partial charge in [-0.25, -0.2) is 13.8 Å². The molecule has 0 aromatic carbocycles. The van der Waals surface area contributed by atoms with Crippen LogP contribution in [0.4, 0.5) is 8.78 Å². The van der Waals surface area contributed by atoms with Gasteiger partial charge in [0.1, 0.15) is 11.4 Å². The summed E-state index contributed by atoms with van der Waals surface area (Å²) in [6, 6.07) is 1.05. The van der Waals surface area contributed by atoms with Crippen molar-refractivity contribution in [1.82, 2.24) is 20.5 Å². The highest BCUT2D eigenvalue weighted by Crippen LogP contribution is 2.16. The second-order valence-electron chi connectivity index (χ2n) is 4.17. The largest absolute Gasteiger partial charge is 0.345 e. The number of rotatable bonds is 6. The summed E-state index contributed by atoms with van der Waals surface area (Å²) < 4.78 is 24.7. The number of thiazole rings is 1. The van der Waals surface area contributed by atoms with Crippen molar-refractivity contribution in [2.45, 2.75) is 32.7 Å². The molecule has 0 radical (unpaired) electrons. The van der Waals surface area contributed by atoms with Crippen LogP contribution in [0.25, 0.3) is 0 Å². The molecule has 5 nitrogen and oxygen atoms in total. The predicted molar refractivity (Wildman–Crippen MR) is 70.8 cm³/mol. The molecule has 2 rings (SSSR count). The fraction of sp³-hybridized carbons (Fsp3) is 0.417. The number of amides is 1. The molecular weight excluding hydrogens is 286 g/mol. The first-order valence-electron chi connectivity index (χ1n) is 6.15. The Hall–Kier alpha value is -1.83. The molecule has 0 atom stereocenters. The highest BCUT2D eigenvalue weighted by Gasteiger charge is 2.15. The number of carbonyl (C=O) groups excluding carboxylic acids is 1. The van der Waals surface area contributed by atoms with Crippen LogP contribution >= 0.6 is 11.3 Å². The molecule has 0 unspecified atom stereocenters. The van der Waals surface area contributed by atoms with Crippen molar-refractivity contribution < 1.29 is 13.6 Å². The summed E-state index contributed by atoms with van der Waals surface area (Å²) in [6.07, 6.45) is -0.738. The Morgan fingerprint density at radius 2 is 2.35 bits per heavy atom. The molecule has 0 saturated carbocycles. The highest BCUT2D eigenvalue weighted by atomic mass is 32.1. The van der Waals surface area contributed by atoms with E-state index in [0.717, 1.165) is 29.6 Å². The van der Waals surface area contributed by atoms with E-state index in [1.807, 2.05) is 5.38 Å². The van der Waals surface area contributed by atoms with Crippen LogP contribution in [0.5, 0.6) is 0 Å². The number of aromatic amines is 1. The van der Waals surface area contributed by atoms with Crippen LogP contribution in [-0.4, -0.2) is 21.1 Å². The molecule has 108 valence electrons. The van der Waals surface area contributed by atoms with Gasteiger partial charge in [-0.2, -0.15) is 5.10 Å². The van der Waals surface area contributed by atoms with E-state index in [2.05, 4.69) is 27.4 Å². The monoisotopic (exact) mass is 300 g/mol. The summed E-state index contributed by atoms with van der Waals surface area (Å²) >= 11 is 1.55. The fourth-order valence-corrected chi connectivity index (χ4v) is 2.48. The van der Waals surface area contributed by atoms with Crippen molar-refractivity contribution >= 4 is 17.2 Å². The molecule has 0 fully saturated rings. The van der Waals surface area contributed by atoms with Gasteiger partial charge in [0.2, 0.25) is 0 Å². The van der Waals surface area contributed by atoms with Crippen molar-refractivity contribution in [3.63, 3.8) is 0 Å². The third-order valence-corrected chi connectivity index (χ3v) is 3.52. The predicted octanol–water partition coefficient (Wildman–Crippen LogP) is 2.69. The van der Waals surface area contributed by atoms with Crippen molar-refractivity contribution in [3.8, 4) is 0 Å². The molecule has 0 saturated heterocycles. The Balaban J connectivity index is 1.90. The van der Waals surface area contributed by atoms with Gasteiger partial charge in [-0.05, 0) is 18.9 Å². The Morgan fingerprint density at radius 3 is 3.00 bits per heavy atom. The van der Waals surface area contributed by atoms with Gasteiger partial charge in [0.15, 0.2) is 0 Å². The average Bonchev–Trinajstić information content (AvgIpc) is 3.05. The molecule has 2 aromatic heterocycles. The minimum Gasteiger partial charge on any atom is -0.345 e. The summed E-state index contributed by atoms with van der Waals surface area (Å²) in [5.41, 5.74) is 0.342. The lowest BCUT2D eigenvalue weighted by Crippen LogP contribution is -2.23. The SMILES string of the molecule is CCCc1nc(CNC(=O)c2cc(C(F)F)[nH]n2)cs1. The van der Waals surface area contributed by atoms with Crippen LogP contribution in [-0.2, 0) is 13.0 Å². The summed E-state index contributed by atoms with van der Waals surface area (Å²) in [6.45, 7) is 2.33. The standard InChI is InChI=1S/C12H14F2N4OS/c1-2-3-10-16-7(6-20-10)5-15-12(19)9-4-8(11(13)14)17-18-9/h4,6,11H,2-3,5H2,1H3,(H,15,19)(H,17,18). The number of alkyl halides is 2. The van der Waals surface area contributed by atoms with Gasteiger partial charge in [0.25, 0.3) is 12.3 Å². The molecule has 8 heteroatoms. The van der Waals surface area contributed by atoms with E-state index in [9.17, 15) is 13.6 Å². The number of aryl methyl sites for hydroxylation is 1. The Bertz CT molecular complexity index is 582. The summed E-state index contributed by atoms with van der Waals surface area (Å²) in [7, 11) is 0. The molecule has 1 amide bonds. The van der Waals surface area contributed by atoms with E-state index in [1.165, 1.54) is 0 Å². The van der Waals surface area contributed by atoms with Gasteiger partial charge in [-0.15, -0.1) is 11.3 Å². The van der Waals surface area contributed by atoms with Gasteiger partial charge in [-0.1, -0.05) is 6.92 Å². The number of hydrogen-bond donors (Lipinski definition) is 2. The van der Waals surface area contributed by atoms with Crippen molar-refractivity contribution in [1.29, 1.82) is 0 Å². The maximum Gasteiger partial charge on any atom is 0.279 e. The van der Waals surface area contributed by atoms with Crippen LogP contribution < -0.4 is 5.32 Å². The number of nitrogens with one attached hydrogen (secondary N) is 2. The number of aromatic nitrogens is 3. The van der Waals surface area contributed by atoms with E-state index in [4.69, 9.17) is 0 Å². The van der Waals surface area contributed by atoms with Gasteiger partial charge in [0, 0.05) is 5.38 Å². The summed E-state index contributed by atoms with van der Waals surface area (Å²) in [5.74, 6) is -0.502. The molecule has 0 aliphatic carbocycles. The molecule has 2 N–H and O–H groups in total. The van der Waals surface area contributed by atoms with Crippen LogP contribution in [0.3, 0.4) is 0 Å². The Kier molecular flexibility index (Phi) is 4.78. The zero-order chi connectivity index (χ0) is 14.5. The average molecular weight is 300 g/mol. The lowest BCUT2D eigenvalue weighted by molar-refractivity contribution is 0.0945. The van der Waals surface area contributed by atoms with Gasteiger partial charge in [-0.3, -0.25) is 9.89 Å². The molecule has 0 aliphatic rings.